The van der Waals surface area contributed by atoms with E-state index in [9.17, 15) is 9.59 Å². The van der Waals surface area contributed by atoms with Crippen molar-refractivity contribution in [2.45, 2.75) is 92.9 Å². The molecule has 0 atom stereocenters. The molecule has 0 aliphatic rings. The molecule has 0 aromatic carbocycles. The second kappa shape index (κ2) is 23.3. The first-order valence-corrected chi connectivity index (χ1v) is 11.6. The van der Waals surface area contributed by atoms with Crippen LogP contribution in [0.3, 0.4) is 0 Å². The van der Waals surface area contributed by atoms with Crippen molar-refractivity contribution in [2.24, 2.45) is 11.8 Å². The predicted molar refractivity (Wildman–Crippen MR) is 134 cm³/mol. The van der Waals surface area contributed by atoms with Gasteiger partial charge in [0, 0.05) is 18.3 Å². The zero-order chi connectivity index (χ0) is 23.0. The molecule has 0 aromatic heterocycles. The van der Waals surface area contributed by atoms with Gasteiger partial charge in [-0.05, 0) is 51.9 Å². The van der Waals surface area contributed by atoms with Gasteiger partial charge in [-0.15, -0.1) is 0 Å². The van der Waals surface area contributed by atoms with Crippen molar-refractivity contribution in [3.8, 4) is 0 Å². The summed E-state index contributed by atoms with van der Waals surface area (Å²) in [5, 5.41) is 0. The summed E-state index contributed by atoms with van der Waals surface area (Å²) in [5.41, 5.74) is 0. The summed E-state index contributed by atoms with van der Waals surface area (Å²) >= 11 is 0. The second-order valence-electron chi connectivity index (χ2n) is 7.99. The Balaban J connectivity index is 0. The number of rotatable bonds is 15. The zero-order valence-electron chi connectivity index (χ0n) is 20.4. The van der Waals surface area contributed by atoms with Gasteiger partial charge in [0.1, 0.15) is 11.6 Å². The zero-order valence-corrected chi connectivity index (χ0v) is 20.4. The third-order valence-electron chi connectivity index (χ3n) is 4.41. The van der Waals surface area contributed by atoms with Crippen LogP contribution in [0.5, 0.6) is 0 Å². The Morgan fingerprint density at radius 1 is 0.633 bits per heavy atom. The predicted octanol–water partition coefficient (Wildman–Crippen LogP) is 8.36. The lowest BCUT2D eigenvalue weighted by Gasteiger charge is -2.01. The molecule has 0 aliphatic heterocycles. The van der Waals surface area contributed by atoms with Crippen LogP contribution in [0.15, 0.2) is 60.8 Å². The first-order chi connectivity index (χ1) is 14.3. The summed E-state index contributed by atoms with van der Waals surface area (Å²) in [6.45, 7) is 11.5. The van der Waals surface area contributed by atoms with Gasteiger partial charge in [0.2, 0.25) is 0 Å². The normalized spacial score (nSPS) is 12.3. The highest BCUT2D eigenvalue weighted by atomic mass is 16.1. The van der Waals surface area contributed by atoms with Crippen LogP contribution >= 0.6 is 0 Å². The Morgan fingerprint density at radius 3 is 1.33 bits per heavy atom. The quantitative estimate of drug-likeness (QED) is 0.199. The van der Waals surface area contributed by atoms with E-state index in [1.165, 1.54) is 0 Å². The number of ketones is 2. The molecule has 0 unspecified atom stereocenters. The van der Waals surface area contributed by atoms with Crippen LogP contribution in [-0.4, -0.2) is 11.6 Å². The molecule has 0 N–H and O–H groups in total. The van der Waals surface area contributed by atoms with E-state index in [1.807, 2.05) is 27.7 Å². The molecule has 0 aliphatic carbocycles. The maximum absolute atomic E-state index is 11.5. The molecule has 0 aromatic rings. The lowest BCUT2D eigenvalue weighted by Crippen LogP contribution is -2.05. The highest BCUT2D eigenvalue weighted by Gasteiger charge is 2.04. The maximum atomic E-state index is 11.5. The summed E-state index contributed by atoms with van der Waals surface area (Å²) in [7, 11) is 0. The Bertz CT molecular complexity index is 557. The van der Waals surface area contributed by atoms with Crippen LogP contribution in [-0.2, 0) is 9.59 Å². The van der Waals surface area contributed by atoms with Crippen molar-refractivity contribution in [2.75, 3.05) is 0 Å². The van der Waals surface area contributed by atoms with Gasteiger partial charge in [0.05, 0.1) is 0 Å². The van der Waals surface area contributed by atoms with E-state index in [4.69, 9.17) is 0 Å². The second-order valence-corrected chi connectivity index (χ2v) is 7.99. The van der Waals surface area contributed by atoms with Crippen LogP contribution < -0.4 is 0 Å². The van der Waals surface area contributed by atoms with E-state index in [1.54, 1.807) is 6.92 Å². The lowest BCUT2D eigenvalue weighted by molar-refractivity contribution is -0.122. The Morgan fingerprint density at radius 2 is 1.00 bits per heavy atom. The van der Waals surface area contributed by atoms with E-state index in [2.05, 4.69) is 67.7 Å². The molecule has 0 fully saturated rings. The summed E-state index contributed by atoms with van der Waals surface area (Å²) in [6, 6.07) is 0. The van der Waals surface area contributed by atoms with Gasteiger partial charge < -0.3 is 0 Å². The van der Waals surface area contributed by atoms with Gasteiger partial charge >= 0.3 is 0 Å². The largest absolute Gasteiger partial charge is 0.300 e. The van der Waals surface area contributed by atoms with Crippen molar-refractivity contribution in [1.82, 2.24) is 0 Å². The smallest absolute Gasteiger partial charge is 0.135 e. The molecule has 0 amide bonds. The van der Waals surface area contributed by atoms with Crippen molar-refractivity contribution >= 4 is 11.6 Å². The number of carbonyl (C=O) groups is 2. The van der Waals surface area contributed by atoms with Crippen molar-refractivity contribution in [3.05, 3.63) is 60.8 Å². The van der Waals surface area contributed by atoms with Crippen LogP contribution in [0, 0.1) is 11.8 Å². The molecule has 30 heavy (non-hydrogen) atoms. The fourth-order valence-corrected chi connectivity index (χ4v) is 2.05. The Labute approximate surface area is 186 Å². The van der Waals surface area contributed by atoms with Crippen LogP contribution in [0.1, 0.15) is 92.9 Å². The van der Waals surface area contributed by atoms with Crippen LogP contribution in [0.25, 0.3) is 0 Å². The third-order valence-corrected chi connectivity index (χ3v) is 4.41. The molecule has 0 radical (unpaired) electrons. The first kappa shape index (κ1) is 30.2. The molecule has 0 rings (SSSR count). The minimum atomic E-state index is 0.179. The summed E-state index contributed by atoms with van der Waals surface area (Å²) in [5.74, 6) is 1.03. The fourth-order valence-electron chi connectivity index (χ4n) is 2.05. The van der Waals surface area contributed by atoms with E-state index in [-0.39, 0.29) is 17.6 Å². The van der Waals surface area contributed by atoms with Gasteiger partial charge in [-0.2, -0.15) is 0 Å². The molecular weight excluding hydrogens is 368 g/mol. The maximum Gasteiger partial charge on any atom is 0.135 e. The van der Waals surface area contributed by atoms with Gasteiger partial charge in [0.15, 0.2) is 0 Å². The van der Waals surface area contributed by atoms with Gasteiger partial charge in [-0.1, -0.05) is 95.4 Å². The number of hydrogen-bond donors (Lipinski definition) is 0. The standard InChI is InChI=1S/C23H36O.C5H10O/c1-4-5-6-7-8-9-10-11-12-13-14-15-16-17-18-19-20-21-23(24)22(2)3;1-4(2)5(3)6/h5-6,8-9,11-12,14-15,17-18,22H,4,7,10,13,16,19-21H2,1-3H3;4H,1-3H3/b6-5-,9-8-,12-11-,15-14-,18-17-;. The molecule has 0 saturated carbocycles. The highest BCUT2D eigenvalue weighted by Crippen LogP contribution is 2.05. The fraction of sp³-hybridized carbons (Fsp3) is 0.571. The Hall–Kier alpha value is -1.96. The molecular formula is C28H46O2. The molecule has 0 saturated heterocycles. The average molecular weight is 415 g/mol. The van der Waals surface area contributed by atoms with Gasteiger partial charge in [-0.25, -0.2) is 0 Å². The number of hydrogen-bond acceptors (Lipinski definition) is 2. The number of unbranched alkanes of at least 4 members (excludes halogenated alkanes) is 1. The Kier molecular flexibility index (Phi) is 23.5. The summed E-state index contributed by atoms with van der Waals surface area (Å²) < 4.78 is 0. The van der Waals surface area contributed by atoms with Crippen LogP contribution in [0.4, 0.5) is 0 Å². The van der Waals surface area contributed by atoms with Crippen molar-refractivity contribution in [3.63, 3.8) is 0 Å². The van der Waals surface area contributed by atoms with E-state index < -0.39 is 0 Å². The molecule has 0 bridgehead atoms. The van der Waals surface area contributed by atoms with E-state index >= 15 is 0 Å². The summed E-state index contributed by atoms with van der Waals surface area (Å²) in [4.78, 5) is 21.6. The lowest BCUT2D eigenvalue weighted by atomic mass is 10.0. The number of Topliss-reactive ketones (excluding diaryl/α,β-unsaturated/α-hetero) is 2. The minimum absolute atomic E-state index is 0.179. The van der Waals surface area contributed by atoms with Crippen molar-refractivity contribution < 1.29 is 9.59 Å². The molecule has 170 valence electrons. The van der Waals surface area contributed by atoms with Crippen molar-refractivity contribution in [1.29, 1.82) is 0 Å². The molecule has 2 heteroatoms. The minimum Gasteiger partial charge on any atom is -0.300 e. The van der Waals surface area contributed by atoms with E-state index in [0.717, 1.165) is 44.9 Å². The summed E-state index contributed by atoms with van der Waals surface area (Å²) in [6.07, 6.45) is 29.9. The van der Waals surface area contributed by atoms with E-state index in [0.29, 0.717) is 12.2 Å². The SMILES string of the molecule is CC(=O)C(C)C.CC/C=C\C/C=C\C/C=C\C/C=C\C/C=C\CCCC(=O)C(C)C. The molecule has 2 nitrogen and oxygen atoms in total. The van der Waals surface area contributed by atoms with Gasteiger partial charge in [-0.3, -0.25) is 9.59 Å². The monoisotopic (exact) mass is 414 g/mol. The molecule has 0 heterocycles. The van der Waals surface area contributed by atoms with Gasteiger partial charge in [0.25, 0.3) is 0 Å². The first-order valence-electron chi connectivity index (χ1n) is 11.6. The highest BCUT2D eigenvalue weighted by molar-refractivity contribution is 5.80. The third kappa shape index (κ3) is 26.0. The number of allylic oxidation sites excluding steroid dienone is 10. The molecule has 0 spiro atoms. The average Bonchev–Trinajstić information content (AvgIpc) is 2.70. The van der Waals surface area contributed by atoms with Crippen LogP contribution in [0.2, 0.25) is 0 Å². The number of carbonyl (C=O) groups excluding carboxylic acids is 2. The topological polar surface area (TPSA) is 34.1 Å².